The Kier molecular flexibility index (Phi) is 5.22. The summed E-state index contributed by atoms with van der Waals surface area (Å²) in [7, 11) is 0. The van der Waals surface area contributed by atoms with Crippen LogP contribution >= 0.6 is 0 Å². The Morgan fingerprint density at radius 2 is 1.74 bits per heavy atom. The highest BCUT2D eigenvalue weighted by molar-refractivity contribution is 5.76. The van der Waals surface area contributed by atoms with Crippen LogP contribution in [0.15, 0.2) is 0 Å². The lowest BCUT2D eigenvalue weighted by Crippen LogP contribution is -2.39. The normalized spacial score (nSPS) is 33.1. The van der Waals surface area contributed by atoms with Crippen LogP contribution in [0.25, 0.3) is 0 Å². The summed E-state index contributed by atoms with van der Waals surface area (Å²) in [5, 5.41) is 3.35. The highest BCUT2D eigenvalue weighted by atomic mass is 16.5. The Morgan fingerprint density at radius 3 is 2.32 bits per heavy atom. The van der Waals surface area contributed by atoms with E-state index in [9.17, 15) is 4.79 Å². The van der Waals surface area contributed by atoms with Crippen LogP contribution in [0.2, 0.25) is 0 Å². The Labute approximate surface area is 116 Å². The van der Waals surface area contributed by atoms with Gasteiger partial charge in [-0.2, -0.15) is 0 Å². The molecule has 2 fully saturated rings. The molecular formula is C15H27NO3. The largest absolute Gasteiger partial charge is 0.466 e. The summed E-state index contributed by atoms with van der Waals surface area (Å²) in [6.07, 6.45) is 6.74. The molecule has 2 rings (SSSR count). The zero-order valence-electron chi connectivity index (χ0n) is 12.2. The molecule has 0 bridgehead atoms. The van der Waals surface area contributed by atoms with E-state index in [1.807, 2.05) is 13.8 Å². The first-order chi connectivity index (χ1) is 9.14. The van der Waals surface area contributed by atoms with Gasteiger partial charge in [0.1, 0.15) is 0 Å². The van der Waals surface area contributed by atoms with Gasteiger partial charge in [0.15, 0.2) is 0 Å². The minimum absolute atomic E-state index is 0.0321. The molecular weight excluding hydrogens is 242 g/mol. The molecule has 0 spiro atoms. The summed E-state index contributed by atoms with van der Waals surface area (Å²) in [6, 6.07) is 0. The maximum absolute atomic E-state index is 11.9. The van der Waals surface area contributed by atoms with Gasteiger partial charge in [0, 0.05) is 0 Å². The van der Waals surface area contributed by atoms with Crippen LogP contribution in [0.4, 0.5) is 0 Å². The maximum Gasteiger partial charge on any atom is 0.311 e. The average molecular weight is 269 g/mol. The Bertz CT molecular complexity index is 292. The van der Waals surface area contributed by atoms with Gasteiger partial charge >= 0.3 is 5.97 Å². The molecule has 110 valence electrons. The Hall–Kier alpha value is -0.610. The van der Waals surface area contributed by atoms with Crippen LogP contribution in [-0.4, -0.2) is 37.9 Å². The van der Waals surface area contributed by atoms with Crippen molar-refractivity contribution in [1.29, 1.82) is 0 Å². The number of carbonyl (C=O) groups is 1. The minimum atomic E-state index is -0.288. The van der Waals surface area contributed by atoms with Gasteiger partial charge < -0.3 is 14.8 Å². The van der Waals surface area contributed by atoms with Crippen LogP contribution in [-0.2, 0) is 14.3 Å². The van der Waals surface area contributed by atoms with Crippen molar-refractivity contribution in [3.8, 4) is 0 Å². The van der Waals surface area contributed by atoms with Gasteiger partial charge in [-0.1, -0.05) is 0 Å². The van der Waals surface area contributed by atoms with Crippen molar-refractivity contribution in [3.63, 3.8) is 0 Å². The van der Waals surface area contributed by atoms with E-state index in [-0.39, 0.29) is 11.4 Å². The molecule has 4 heteroatoms. The molecule has 0 aromatic carbocycles. The van der Waals surface area contributed by atoms with E-state index < -0.39 is 0 Å². The zero-order valence-corrected chi connectivity index (χ0v) is 12.2. The molecule has 0 amide bonds. The molecule has 0 atom stereocenters. The molecule has 0 aromatic heterocycles. The molecule has 0 unspecified atom stereocenters. The zero-order chi connectivity index (χ0) is 13.7. The summed E-state index contributed by atoms with van der Waals surface area (Å²) >= 11 is 0. The molecule has 1 aliphatic heterocycles. The fraction of sp³-hybridized carbons (Fsp3) is 0.933. The molecule has 1 saturated carbocycles. The van der Waals surface area contributed by atoms with E-state index >= 15 is 0 Å². The quantitative estimate of drug-likeness (QED) is 0.795. The number of hydrogen-bond acceptors (Lipinski definition) is 4. The second-order valence-corrected chi connectivity index (χ2v) is 6.07. The number of esters is 1. The summed E-state index contributed by atoms with van der Waals surface area (Å²) < 4.78 is 11.4. The van der Waals surface area contributed by atoms with Gasteiger partial charge in [-0.25, -0.2) is 0 Å². The van der Waals surface area contributed by atoms with Crippen LogP contribution in [0.5, 0.6) is 0 Å². The van der Waals surface area contributed by atoms with E-state index in [0.29, 0.717) is 18.8 Å². The van der Waals surface area contributed by atoms with Crippen LogP contribution < -0.4 is 5.32 Å². The first kappa shape index (κ1) is 14.8. The van der Waals surface area contributed by atoms with Crippen LogP contribution in [0.1, 0.15) is 52.4 Å². The van der Waals surface area contributed by atoms with E-state index in [2.05, 4.69) is 5.32 Å². The SMILES string of the molecule is CCOC(=O)C1(C)CCC(OC2CCNCC2)CC1. The molecule has 19 heavy (non-hydrogen) atoms. The van der Waals surface area contributed by atoms with Gasteiger partial charge in [-0.3, -0.25) is 4.79 Å². The van der Waals surface area contributed by atoms with Crippen molar-refractivity contribution in [1.82, 2.24) is 5.32 Å². The van der Waals surface area contributed by atoms with Crippen LogP contribution in [0.3, 0.4) is 0 Å². The first-order valence-electron chi connectivity index (χ1n) is 7.67. The molecule has 0 radical (unpaired) electrons. The van der Waals surface area contributed by atoms with Crippen molar-refractivity contribution >= 4 is 5.97 Å². The fourth-order valence-electron chi connectivity index (χ4n) is 3.08. The summed E-state index contributed by atoms with van der Waals surface area (Å²) in [5.41, 5.74) is -0.288. The first-order valence-corrected chi connectivity index (χ1v) is 7.67. The average Bonchev–Trinajstić information content (AvgIpc) is 2.43. The highest BCUT2D eigenvalue weighted by Gasteiger charge is 2.39. The van der Waals surface area contributed by atoms with E-state index in [4.69, 9.17) is 9.47 Å². The number of ether oxygens (including phenoxy) is 2. The predicted molar refractivity (Wildman–Crippen MR) is 74.0 cm³/mol. The molecule has 2 aliphatic rings. The maximum atomic E-state index is 11.9. The monoisotopic (exact) mass is 269 g/mol. The van der Waals surface area contributed by atoms with Crippen LogP contribution in [0, 0.1) is 5.41 Å². The standard InChI is InChI=1S/C15H27NO3/c1-3-18-14(17)15(2)8-4-12(5-9-15)19-13-6-10-16-11-7-13/h12-13,16H,3-11H2,1-2H3. The lowest BCUT2D eigenvalue weighted by atomic mass is 9.74. The molecule has 1 N–H and O–H groups in total. The number of hydrogen-bond donors (Lipinski definition) is 1. The lowest BCUT2D eigenvalue weighted by molar-refractivity contribution is -0.159. The number of nitrogens with one attached hydrogen (secondary N) is 1. The summed E-state index contributed by atoms with van der Waals surface area (Å²) in [4.78, 5) is 11.9. The smallest absolute Gasteiger partial charge is 0.311 e. The van der Waals surface area contributed by atoms with Gasteiger partial charge in [0.05, 0.1) is 24.2 Å². The van der Waals surface area contributed by atoms with Gasteiger partial charge in [-0.05, 0) is 65.5 Å². The van der Waals surface area contributed by atoms with Gasteiger partial charge in [-0.15, -0.1) is 0 Å². The third-order valence-electron chi connectivity index (χ3n) is 4.48. The van der Waals surface area contributed by atoms with Gasteiger partial charge in [0.25, 0.3) is 0 Å². The summed E-state index contributed by atoms with van der Waals surface area (Å²) in [5.74, 6) is -0.0321. The third-order valence-corrected chi connectivity index (χ3v) is 4.48. The number of piperidine rings is 1. The second kappa shape index (κ2) is 6.71. The lowest BCUT2D eigenvalue weighted by Gasteiger charge is -2.37. The molecule has 1 heterocycles. The molecule has 4 nitrogen and oxygen atoms in total. The van der Waals surface area contributed by atoms with Crippen molar-refractivity contribution in [3.05, 3.63) is 0 Å². The molecule has 1 saturated heterocycles. The van der Waals surface area contributed by atoms with Crippen molar-refractivity contribution in [2.75, 3.05) is 19.7 Å². The Balaban J connectivity index is 1.76. The topological polar surface area (TPSA) is 47.6 Å². The van der Waals surface area contributed by atoms with Gasteiger partial charge in [0.2, 0.25) is 0 Å². The van der Waals surface area contributed by atoms with E-state index in [1.165, 1.54) is 0 Å². The molecule has 0 aromatic rings. The van der Waals surface area contributed by atoms with Crippen molar-refractivity contribution < 1.29 is 14.3 Å². The fourth-order valence-corrected chi connectivity index (χ4v) is 3.08. The van der Waals surface area contributed by atoms with E-state index in [1.54, 1.807) is 0 Å². The van der Waals surface area contributed by atoms with Crippen molar-refractivity contribution in [2.24, 2.45) is 5.41 Å². The van der Waals surface area contributed by atoms with Crippen molar-refractivity contribution in [2.45, 2.75) is 64.6 Å². The highest BCUT2D eigenvalue weighted by Crippen LogP contribution is 2.38. The third kappa shape index (κ3) is 3.93. The predicted octanol–water partition coefficient (Wildman–Crippen LogP) is 2.27. The number of carbonyl (C=O) groups excluding carboxylic acids is 1. The summed E-state index contributed by atoms with van der Waals surface area (Å²) in [6.45, 7) is 6.51. The second-order valence-electron chi connectivity index (χ2n) is 6.07. The molecule has 1 aliphatic carbocycles. The van der Waals surface area contributed by atoms with E-state index in [0.717, 1.165) is 51.6 Å². The number of rotatable bonds is 4. The minimum Gasteiger partial charge on any atom is -0.466 e. The Morgan fingerprint density at radius 1 is 1.16 bits per heavy atom.